The summed E-state index contributed by atoms with van der Waals surface area (Å²) in [6.07, 6.45) is 0. The second-order valence-corrected chi connectivity index (χ2v) is 8.19. The molecule has 3 rings (SSSR count). The summed E-state index contributed by atoms with van der Waals surface area (Å²) in [5, 5.41) is 12.0. The molecule has 0 unspecified atom stereocenters. The van der Waals surface area contributed by atoms with Gasteiger partial charge in [-0.05, 0) is 30.7 Å². The number of ether oxygens (including phenoxy) is 1. The predicted octanol–water partition coefficient (Wildman–Crippen LogP) is 4.61. The van der Waals surface area contributed by atoms with Crippen LogP contribution in [0.15, 0.2) is 53.7 Å². The molecule has 0 aliphatic heterocycles. The Labute approximate surface area is 183 Å². The van der Waals surface area contributed by atoms with Crippen molar-refractivity contribution in [3.05, 3.63) is 65.7 Å². The molecule has 0 saturated heterocycles. The summed E-state index contributed by atoms with van der Waals surface area (Å²) in [6.45, 7) is 2.70. The van der Waals surface area contributed by atoms with Crippen LogP contribution in [0.5, 0.6) is 5.75 Å². The van der Waals surface area contributed by atoms with Gasteiger partial charge in [0, 0.05) is 12.3 Å². The molecule has 9 heteroatoms. The smallest absolute Gasteiger partial charge is 0.234 e. The monoisotopic (exact) mass is 446 g/mol. The van der Waals surface area contributed by atoms with E-state index in [9.17, 15) is 9.18 Å². The van der Waals surface area contributed by atoms with Gasteiger partial charge < -0.3 is 14.6 Å². The number of nitrogens with zero attached hydrogens (tertiary/aromatic N) is 3. The Kier molecular flexibility index (Phi) is 8.15. The van der Waals surface area contributed by atoms with Crippen molar-refractivity contribution in [1.29, 1.82) is 0 Å². The maximum Gasteiger partial charge on any atom is 0.234 e. The van der Waals surface area contributed by atoms with Crippen LogP contribution in [0.2, 0.25) is 0 Å². The number of rotatable bonds is 10. The van der Waals surface area contributed by atoms with Gasteiger partial charge in [-0.2, -0.15) is 0 Å². The Bertz CT molecular complexity index is 997. The van der Waals surface area contributed by atoms with Gasteiger partial charge >= 0.3 is 0 Å². The van der Waals surface area contributed by atoms with E-state index in [1.807, 2.05) is 29.7 Å². The highest BCUT2D eigenvalue weighted by Crippen LogP contribution is 2.25. The van der Waals surface area contributed by atoms with Crippen molar-refractivity contribution in [1.82, 2.24) is 14.8 Å². The number of halogens is 1. The summed E-state index contributed by atoms with van der Waals surface area (Å²) in [7, 11) is 1.56. The maximum absolute atomic E-state index is 13.7. The molecule has 3 aromatic rings. The SMILES string of the molecule is CCn1c(CSCc2ccccc2F)nnc1SCC(=O)Nc1ccccc1OC. The quantitative estimate of drug-likeness (QED) is 0.459. The van der Waals surface area contributed by atoms with Crippen LogP contribution in [0, 0.1) is 5.82 Å². The van der Waals surface area contributed by atoms with Gasteiger partial charge in [0.05, 0.1) is 24.3 Å². The van der Waals surface area contributed by atoms with E-state index in [0.717, 1.165) is 5.82 Å². The fourth-order valence-corrected chi connectivity index (χ4v) is 4.56. The van der Waals surface area contributed by atoms with Crippen molar-refractivity contribution in [3.63, 3.8) is 0 Å². The molecule has 0 bridgehead atoms. The van der Waals surface area contributed by atoms with Gasteiger partial charge in [-0.15, -0.1) is 22.0 Å². The maximum atomic E-state index is 13.7. The molecule has 1 aromatic heterocycles. The first-order chi connectivity index (χ1) is 14.6. The van der Waals surface area contributed by atoms with E-state index in [1.165, 1.54) is 17.8 Å². The van der Waals surface area contributed by atoms with Crippen LogP contribution >= 0.6 is 23.5 Å². The van der Waals surface area contributed by atoms with E-state index in [-0.39, 0.29) is 17.5 Å². The molecule has 0 aliphatic rings. The van der Waals surface area contributed by atoms with Crippen molar-refractivity contribution in [2.45, 2.75) is 30.1 Å². The van der Waals surface area contributed by atoms with Gasteiger partial charge in [-0.1, -0.05) is 42.1 Å². The van der Waals surface area contributed by atoms with E-state index in [0.29, 0.717) is 40.2 Å². The minimum absolute atomic E-state index is 0.148. The van der Waals surface area contributed by atoms with Crippen molar-refractivity contribution >= 4 is 35.1 Å². The number of nitrogens with one attached hydrogen (secondary N) is 1. The second kappa shape index (κ2) is 11.0. The molecule has 1 amide bonds. The van der Waals surface area contributed by atoms with Gasteiger partial charge in [0.2, 0.25) is 5.91 Å². The average molecular weight is 447 g/mol. The lowest BCUT2D eigenvalue weighted by Gasteiger charge is -2.10. The van der Waals surface area contributed by atoms with Crippen molar-refractivity contribution in [3.8, 4) is 5.75 Å². The van der Waals surface area contributed by atoms with Crippen LogP contribution in [-0.2, 0) is 22.8 Å². The molecule has 1 heterocycles. The fourth-order valence-electron chi connectivity index (χ4n) is 2.78. The number of methoxy groups -OCH3 is 1. The Morgan fingerprint density at radius 1 is 1.13 bits per heavy atom. The molecule has 0 fully saturated rings. The van der Waals surface area contributed by atoms with E-state index in [1.54, 1.807) is 43.1 Å². The lowest BCUT2D eigenvalue weighted by Crippen LogP contribution is -2.15. The Morgan fingerprint density at radius 3 is 2.67 bits per heavy atom. The normalized spacial score (nSPS) is 10.8. The summed E-state index contributed by atoms with van der Waals surface area (Å²) < 4.78 is 21.0. The third kappa shape index (κ3) is 5.76. The fraction of sp³-hybridized carbons (Fsp3) is 0.286. The number of hydrogen-bond donors (Lipinski definition) is 1. The number of hydrogen-bond acceptors (Lipinski definition) is 6. The molecule has 0 aliphatic carbocycles. The molecule has 0 saturated carbocycles. The third-order valence-corrected chi connectivity index (χ3v) is 6.21. The number of aromatic nitrogens is 3. The van der Waals surface area contributed by atoms with Crippen molar-refractivity contribution < 1.29 is 13.9 Å². The first kappa shape index (κ1) is 22.2. The zero-order chi connectivity index (χ0) is 21.3. The molecule has 6 nitrogen and oxygen atoms in total. The molecule has 30 heavy (non-hydrogen) atoms. The van der Waals surface area contributed by atoms with Gasteiger partial charge in [0.1, 0.15) is 17.4 Å². The van der Waals surface area contributed by atoms with Crippen LogP contribution in [0.1, 0.15) is 18.3 Å². The molecular formula is C21H23FN4O2S2. The van der Waals surface area contributed by atoms with Gasteiger partial charge in [-0.25, -0.2) is 4.39 Å². The summed E-state index contributed by atoms with van der Waals surface area (Å²) in [5.74, 6) is 2.47. The van der Waals surface area contributed by atoms with E-state index in [4.69, 9.17) is 4.74 Å². The summed E-state index contributed by atoms with van der Waals surface area (Å²) in [4.78, 5) is 12.3. The number of anilines is 1. The number of benzene rings is 2. The van der Waals surface area contributed by atoms with Crippen LogP contribution in [0.4, 0.5) is 10.1 Å². The number of carbonyl (C=O) groups is 1. The molecule has 158 valence electrons. The van der Waals surface area contributed by atoms with Crippen LogP contribution in [0.25, 0.3) is 0 Å². The first-order valence-electron chi connectivity index (χ1n) is 9.41. The standard InChI is InChI=1S/C21H23FN4O2S2/c1-3-26-19(13-29-12-15-8-4-5-9-16(15)22)24-25-21(26)30-14-20(27)23-17-10-6-7-11-18(17)28-2/h4-11H,3,12-14H2,1-2H3,(H,23,27). The van der Waals surface area contributed by atoms with Crippen LogP contribution in [0.3, 0.4) is 0 Å². The molecular weight excluding hydrogens is 423 g/mol. The molecule has 0 radical (unpaired) electrons. The minimum Gasteiger partial charge on any atom is -0.495 e. The zero-order valence-corrected chi connectivity index (χ0v) is 18.4. The number of amides is 1. The third-order valence-electron chi connectivity index (χ3n) is 4.27. The van der Waals surface area contributed by atoms with Crippen LogP contribution in [-0.4, -0.2) is 33.5 Å². The zero-order valence-electron chi connectivity index (χ0n) is 16.8. The highest BCUT2D eigenvalue weighted by Gasteiger charge is 2.14. The summed E-state index contributed by atoms with van der Waals surface area (Å²) in [5.41, 5.74) is 1.31. The van der Waals surface area contributed by atoms with E-state index < -0.39 is 0 Å². The largest absolute Gasteiger partial charge is 0.495 e. The van der Waals surface area contributed by atoms with Gasteiger partial charge in [0.15, 0.2) is 5.16 Å². The van der Waals surface area contributed by atoms with Crippen molar-refractivity contribution in [2.24, 2.45) is 0 Å². The lowest BCUT2D eigenvalue weighted by atomic mass is 10.2. The van der Waals surface area contributed by atoms with Crippen LogP contribution < -0.4 is 10.1 Å². The van der Waals surface area contributed by atoms with Crippen molar-refractivity contribution in [2.75, 3.05) is 18.2 Å². The molecule has 0 atom stereocenters. The Hall–Kier alpha value is -2.52. The second-order valence-electron chi connectivity index (χ2n) is 6.26. The number of thioether (sulfide) groups is 2. The van der Waals surface area contributed by atoms with Gasteiger partial charge in [-0.3, -0.25) is 4.79 Å². The molecule has 2 aromatic carbocycles. The molecule has 0 spiro atoms. The number of carbonyl (C=O) groups excluding carboxylic acids is 1. The van der Waals surface area contributed by atoms with E-state index in [2.05, 4.69) is 15.5 Å². The number of para-hydroxylation sites is 2. The highest BCUT2D eigenvalue weighted by atomic mass is 32.2. The molecule has 1 N–H and O–H groups in total. The average Bonchev–Trinajstić information content (AvgIpc) is 3.15. The highest BCUT2D eigenvalue weighted by molar-refractivity contribution is 7.99. The summed E-state index contributed by atoms with van der Waals surface area (Å²) >= 11 is 2.91. The first-order valence-corrected chi connectivity index (χ1v) is 11.5. The predicted molar refractivity (Wildman–Crippen MR) is 119 cm³/mol. The minimum atomic E-state index is -0.195. The Balaban J connectivity index is 1.55. The lowest BCUT2D eigenvalue weighted by molar-refractivity contribution is -0.113. The summed E-state index contributed by atoms with van der Waals surface area (Å²) in [6, 6.07) is 14.0. The van der Waals surface area contributed by atoms with E-state index >= 15 is 0 Å². The topological polar surface area (TPSA) is 69.0 Å². The van der Waals surface area contributed by atoms with Gasteiger partial charge in [0.25, 0.3) is 0 Å². The Morgan fingerprint density at radius 2 is 1.90 bits per heavy atom.